The number of azo groups is 1. The summed E-state index contributed by atoms with van der Waals surface area (Å²) in [6.45, 7) is 1.51. The molecule has 0 saturated carbocycles. The fraction of sp³-hybridized carbons (Fsp3) is 0.0625. The molecule has 0 fully saturated rings. The Bertz CT molecular complexity index is 1500. The number of hydrogen-bond acceptors (Lipinski definition) is 6. The van der Waals surface area contributed by atoms with Crippen molar-refractivity contribution in [2.24, 2.45) is 5.11 Å². The van der Waals surface area contributed by atoms with Gasteiger partial charge in [-0.1, -0.05) is 22.8 Å². The van der Waals surface area contributed by atoms with Gasteiger partial charge in [0.25, 0.3) is 10.1 Å². The first kappa shape index (κ1) is 25.8. The van der Waals surface area contributed by atoms with Crippen LogP contribution in [-0.4, -0.2) is 40.8 Å². The van der Waals surface area contributed by atoms with E-state index < -0.39 is 41.3 Å². The number of aryl methyl sites for hydroxylation is 1. The number of aromatic amines is 1. The Labute approximate surface area is 196 Å². The number of rotatable bonds is 5. The summed E-state index contributed by atoms with van der Waals surface area (Å²) in [4.78, 5) is 11.6. The first-order valence-electron chi connectivity index (χ1n) is 8.18. The molecule has 3 rings (SSSR count). The summed E-state index contributed by atoms with van der Waals surface area (Å²) in [5.41, 5.74) is -0.661. The number of halogens is 1. The molecular weight excluding hydrogens is 528 g/mol. The van der Waals surface area contributed by atoms with E-state index in [0.29, 0.717) is 0 Å². The van der Waals surface area contributed by atoms with Crippen LogP contribution in [-0.2, 0) is 37.6 Å². The molecule has 32 heavy (non-hydrogen) atoms. The minimum absolute atomic E-state index is 0. The second-order valence-corrected chi connectivity index (χ2v) is 9.47. The Hall–Kier alpha value is -2.51. The quantitative estimate of drug-likeness (QED) is 0.205. The average Bonchev–Trinajstić information content (AvgIpc) is 2.94. The number of hydrogen-bond donors (Lipinski definition) is 4. The molecule has 0 aliphatic rings. The summed E-state index contributed by atoms with van der Waals surface area (Å²) in [5.74, 6) is -0.645. The minimum Gasteiger partial charge on any atom is -0.591 e. The van der Waals surface area contributed by atoms with Gasteiger partial charge < -0.3 is 5.11 Å². The van der Waals surface area contributed by atoms with E-state index in [1.165, 1.54) is 19.1 Å². The average molecular weight is 543 g/mol. The summed E-state index contributed by atoms with van der Waals surface area (Å²) in [6, 6.07) is 7.01. The molecule has 2 aromatic carbocycles. The summed E-state index contributed by atoms with van der Waals surface area (Å²) in [5, 5.41) is 16.7. The van der Waals surface area contributed by atoms with Crippen molar-refractivity contribution in [3.63, 3.8) is 0 Å². The molecule has 170 valence electrons. The molecule has 0 unspecified atom stereocenters. The molecule has 0 spiro atoms. The van der Waals surface area contributed by atoms with Crippen LogP contribution in [0.2, 0.25) is 5.02 Å². The number of nitrogens with one attached hydrogen (secondary N) is 2. The molecular formula is C16H15ClCrN4O8S2+2. The van der Waals surface area contributed by atoms with E-state index in [-0.39, 0.29) is 45.1 Å². The fourth-order valence-electron chi connectivity index (χ4n) is 2.62. The van der Waals surface area contributed by atoms with Crippen molar-refractivity contribution in [2.75, 3.05) is 0 Å². The van der Waals surface area contributed by atoms with Gasteiger partial charge in [-0.25, -0.2) is 4.68 Å². The summed E-state index contributed by atoms with van der Waals surface area (Å²) in [7, 11) is -9.21. The largest absolute Gasteiger partial charge is 0.591 e. The Kier molecular flexibility index (Phi) is 7.37. The third-order valence-corrected chi connectivity index (χ3v) is 6.00. The van der Waals surface area contributed by atoms with Crippen LogP contribution in [0.15, 0.2) is 56.1 Å². The summed E-state index contributed by atoms with van der Waals surface area (Å²) in [6.07, 6.45) is 0. The zero-order chi connectivity index (χ0) is 23.1. The van der Waals surface area contributed by atoms with Gasteiger partial charge in [0.1, 0.15) is 5.69 Å². The van der Waals surface area contributed by atoms with Gasteiger partial charge in [0.2, 0.25) is 5.69 Å². The van der Waals surface area contributed by atoms with Crippen LogP contribution < -0.4 is 10.7 Å². The van der Waals surface area contributed by atoms with Crippen LogP contribution in [0.3, 0.4) is 0 Å². The van der Waals surface area contributed by atoms with Crippen molar-refractivity contribution < 1.29 is 53.5 Å². The van der Waals surface area contributed by atoms with Crippen LogP contribution in [0.4, 0.5) is 11.4 Å². The van der Waals surface area contributed by atoms with E-state index in [4.69, 9.17) is 16.7 Å². The van der Waals surface area contributed by atoms with Crippen LogP contribution in [0.1, 0.15) is 5.69 Å². The van der Waals surface area contributed by atoms with Gasteiger partial charge in [0, 0.05) is 27.5 Å². The van der Waals surface area contributed by atoms with Crippen LogP contribution in [0.25, 0.3) is 5.69 Å². The standard InChI is InChI=1S/C16H13ClN4O8S2.Cr/c1-8-14(19-18-12-5-9(17)6-13(15(12)22)31(27,28)29)16(23)21(20-8)10-3-2-4-11(7-10)30(24,25)26;/h2-7,20,22H,1H3,(H,24,25,26)(H,27,28,29);/p+2. The van der Waals surface area contributed by atoms with E-state index in [1.807, 2.05) is 0 Å². The second kappa shape index (κ2) is 9.16. The van der Waals surface area contributed by atoms with Crippen molar-refractivity contribution in [1.82, 2.24) is 9.78 Å². The molecule has 0 aliphatic carbocycles. The van der Waals surface area contributed by atoms with Gasteiger partial charge in [0.05, 0.1) is 10.6 Å². The van der Waals surface area contributed by atoms with Crippen LogP contribution >= 0.6 is 11.6 Å². The van der Waals surface area contributed by atoms with Gasteiger partial charge in [-0.15, -0.1) is 0 Å². The van der Waals surface area contributed by atoms with Crippen LogP contribution in [0.5, 0.6) is 5.75 Å². The van der Waals surface area contributed by atoms with Crippen molar-refractivity contribution in [3.8, 4) is 11.4 Å². The maximum absolute atomic E-state index is 12.7. The van der Waals surface area contributed by atoms with E-state index >= 15 is 0 Å². The third-order valence-electron chi connectivity index (χ3n) is 4.06. The number of nitrogens with zero attached hydrogens (tertiary/aromatic N) is 2. The molecule has 6 N–H and O–H groups in total. The Morgan fingerprint density at radius 1 is 1.12 bits per heavy atom. The number of H-pyrrole nitrogens is 1. The van der Waals surface area contributed by atoms with E-state index in [2.05, 4.69) is 15.3 Å². The normalized spacial score (nSPS) is 12.1. The van der Waals surface area contributed by atoms with Gasteiger partial charge in [0.15, 0.2) is 4.90 Å². The van der Waals surface area contributed by atoms with Gasteiger partial charge in [-0.2, -0.15) is 16.8 Å². The first-order chi connectivity index (χ1) is 14.3. The zero-order valence-corrected chi connectivity index (χ0v) is 19.6. The second-order valence-electron chi connectivity index (χ2n) is 6.22. The molecule has 12 nitrogen and oxygen atoms in total. The molecule has 0 amide bonds. The molecule has 16 heteroatoms. The van der Waals surface area contributed by atoms with E-state index in [1.54, 1.807) is 0 Å². The molecule has 0 saturated heterocycles. The minimum atomic E-state index is -4.73. The summed E-state index contributed by atoms with van der Waals surface area (Å²) < 4.78 is 64.8. The Morgan fingerprint density at radius 3 is 2.38 bits per heavy atom. The molecule has 1 heterocycles. The molecule has 1 aromatic heterocycles. The van der Waals surface area contributed by atoms with Crippen molar-refractivity contribution >= 4 is 43.2 Å². The first-order valence-corrected chi connectivity index (χ1v) is 11.4. The fourth-order valence-corrected chi connectivity index (χ4v) is 4.05. The summed E-state index contributed by atoms with van der Waals surface area (Å²) >= 11 is 5.82. The molecule has 0 aliphatic heterocycles. The Balaban J connectivity index is 0.00000363. The number of aromatic nitrogens is 2. The van der Waals surface area contributed by atoms with Crippen molar-refractivity contribution in [1.29, 1.82) is 0 Å². The van der Waals surface area contributed by atoms with Crippen LogP contribution in [0, 0.1) is 6.92 Å². The maximum atomic E-state index is 12.7. The topological polar surface area (TPSA) is 196 Å². The van der Waals surface area contributed by atoms with E-state index in [0.717, 1.165) is 28.9 Å². The third kappa shape index (κ3) is 5.27. The predicted molar refractivity (Wildman–Crippen MR) is 108 cm³/mol. The van der Waals surface area contributed by atoms with Gasteiger partial charge in [-0.3, -0.25) is 19.0 Å². The molecule has 3 aromatic rings. The smallest absolute Gasteiger partial charge is 0.345 e. The van der Waals surface area contributed by atoms with Crippen molar-refractivity contribution in [2.45, 2.75) is 16.7 Å². The predicted octanol–water partition coefficient (Wildman–Crippen LogP) is 0.552. The monoisotopic (exact) mass is 542 g/mol. The molecule has 0 radical (unpaired) electrons. The van der Waals surface area contributed by atoms with Crippen molar-refractivity contribution in [3.05, 3.63) is 57.5 Å². The molecule has 0 bridgehead atoms. The number of benzene rings is 2. The Morgan fingerprint density at radius 2 is 1.78 bits per heavy atom. The zero-order valence-electron chi connectivity index (χ0n) is 15.9. The SMILES string of the molecule is Cc1[nH]n(-c2cccc(S(=O)(=O)O)c2)c(=O)c1[NH+]=Nc1cc(Cl)cc(S(=O)(=O)O)c1[OH2+].[Cr]. The van der Waals surface area contributed by atoms with Gasteiger partial charge >= 0.3 is 27.1 Å². The van der Waals surface area contributed by atoms with Gasteiger partial charge in [-0.05, 0) is 37.3 Å². The maximum Gasteiger partial charge on any atom is 0.345 e. The van der Waals surface area contributed by atoms with E-state index in [9.17, 15) is 30.7 Å². The molecule has 0 atom stereocenters.